The van der Waals surface area contributed by atoms with Crippen molar-refractivity contribution in [2.24, 2.45) is 0 Å². The van der Waals surface area contributed by atoms with Crippen LogP contribution in [0.15, 0.2) is 42.5 Å². The summed E-state index contributed by atoms with van der Waals surface area (Å²) in [6, 6.07) is 11.9. The Morgan fingerprint density at radius 3 is 2.69 bits per heavy atom. The van der Waals surface area contributed by atoms with Crippen LogP contribution in [-0.2, 0) is 13.0 Å². The monoisotopic (exact) mass is 413 g/mol. The molecule has 5 nitrogen and oxygen atoms in total. The van der Waals surface area contributed by atoms with Crippen LogP contribution in [0, 0.1) is 18.6 Å². The molecular weight excluding hydrogens is 394 g/mol. The van der Waals surface area contributed by atoms with Gasteiger partial charge in [-0.2, -0.15) is 4.52 Å². The Balaban J connectivity index is 1.64. The van der Waals surface area contributed by atoms with Crippen molar-refractivity contribution in [1.29, 1.82) is 0 Å². The molecule has 0 bridgehead atoms. The molecule has 2 N–H and O–H groups in total. The lowest BCUT2D eigenvalue weighted by atomic mass is 9.95. The lowest BCUT2D eigenvalue weighted by Gasteiger charge is -2.32. The van der Waals surface area contributed by atoms with Crippen molar-refractivity contribution in [1.82, 2.24) is 14.6 Å². The quantitative estimate of drug-likeness (QED) is 0.543. The third kappa shape index (κ3) is 3.08. The van der Waals surface area contributed by atoms with Crippen LogP contribution in [0.3, 0.4) is 0 Å². The summed E-state index contributed by atoms with van der Waals surface area (Å²) in [5.74, 6) is -1.19. The van der Waals surface area contributed by atoms with Gasteiger partial charge in [0.1, 0.15) is 17.2 Å². The molecule has 2 aromatic heterocycles. The Kier molecular flexibility index (Phi) is 4.33. The molecule has 2 atom stereocenters. The fourth-order valence-electron chi connectivity index (χ4n) is 4.15. The van der Waals surface area contributed by atoms with Crippen LogP contribution in [0.2, 0.25) is 0 Å². The largest absolute Gasteiger partial charge is 0.492 e. The molecule has 3 heterocycles. The van der Waals surface area contributed by atoms with E-state index in [0.717, 1.165) is 30.5 Å². The molecule has 2 aromatic carbocycles. The van der Waals surface area contributed by atoms with Crippen LogP contribution in [0.25, 0.3) is 4.96 Å². The summed E-state index contributed by atoms with van der Waals surface area (Å²) in [4.78, 5) is 6.74. The number of hydrogen-bond acceptors (Lipinski definition) is 4. The molecular formula is C21H19F2N4OS+. The van der Waals surface area contributed by atoms with E-state index in [1.54, 1.807) is 13.0 Å². The summed E-state index contributed by atoms with van der Waals surface area (Å²) in [6.45, 7) is 3.30. The molecule has 1 unspecified atom stereocenters. The topological polar surface area (TPSA) is 54.9 Å². The highest BCUT2D eigenvalue weighted by Gasteiger charge is 2.35. The van der Waals surface area contributed by atoms with Crippen molar-refractivity contribution >= 4 is 16.3 Å². The van der Waals surface area contributed by atoms with Gasteiger partial charge in [-0.3, -0.25) is 0 Å². The van der Waals surface area contributed by atoms with Crippen molar-refractivity contribution < 1.29 is 18.8 Å². The standard InChI is InChI=1S/C21H18F2N4OS/c1-12-24-21-27(25-12)20(28)19(29-21)18(14-6-7-16(22)17(23)10-14)26-9-8-13-4-2-3-5-15(13)11-26/h2-7,10,18,28H,8-9,11H2,1H3/p+1/t18-/m0/s1. The minimum Gasteiger partial charge on any atom is -0.492 e. The van der Waals surface area contributed by atoms with Crippen LogP contribution >= 0.6 is 11.3 Å². The number of halogens is 2. The number of nitrogens with one attached hydrogen (secondary N) is 1. The maximum absolute atomic E-state index is 14.1. The fraction of sp³-hybridized carbons (Fsp3) is 0.238. The van der Waals surface area contributed by atoms with Gasteiger partial charge < -0.3 is 10.0 Å². The molecule has 0 radical (unpaired) electrons. The summed E-state index contributed by atoms with van der Waals surface area (Å²) in [5, 5.41) is 15.1. The predicted molar refractivity (Wildman–Crippen MR) is 105 cm³/mol. The highest BCUT2D eigenvalue weighted by Crippen LogP contribution is 2.35. The van der Waals surface area contributed by atoms with E-state index in [9.17, 15) is 13.9 Å². The van der Waals surface area contributed by atoms with Crippen molar-refractivity contribution in [3.63, 3.8) is 0 Å². The van der Waals surface area contributed by atoms with Gasteiger partial charge in [0.25, 0.3) is 0 Å². The Morgan fingerprint density at radius 2 is 1.93 bits per heavy atom. The van der Waals surface area contributed by atoms with Crippen molar-refractivity contribution in [3.05, 3.63) is 81.5 Å². The minimum absolute atomic E-state index is 0.00620. The van der Waals surface area contributed by atoms with Gasteiger partial charge in [0, 0.05) is 17.5 Å². The maximum Gasteiger partial charge on any atom is 0.235 e. The zero-order chi connectivity index (χ0) is 20.1. The second-order valence-electron chi connectivity index (χ2n) is 7.35. The van der Waals surface area contributed by atoms with Crippen LogP contribution in [0.1, 0.15) is 33.4 Å². The van der Waals surface area contributed by atoms with Crippen molar-refractivity contribution in [2.45, 2.75) is 25.9 Å². The first-order valence-electron chi connectivity index (χ1n) is 9.42. The molecule has 1 aliphatic heterocycles. The third-order valence-electron chi connectivity index (χ3n) is 5.50. The molecule has 0 amide bonds. The number of benzene rings is 2. The molecule has 148 valence electrons. The summed E-state index contributed by atoms with van der Waals surface area (Å²) in [7, 11) is 0. The van der Waals surface area contributed by atoms with Crippen LogP contribution in [-0.4, -0.2) is 26.2 Å². The summed E-state index contributed by atoms with van der Waals surface area (Å²) < 4.78 is 29.1. The molecule has 0 aliphatic carbocycles. The second kappa shape index (κ2) is 6.89. The smallest absolute Gasteiger partial charge is 0.235 e. The zero-order valence-corrected chi connectivity index (χ0v) is 16.5. The highest BCUT2D eigenvalue weighted by atomic mass is 32.1. The average molecular weight is 413 g/mol. The average Bonchev–Trinajstić information content (AvgIpc) is 3.22. The van der Waals surface area contributed by atoms with Gasteiger partial charge in [-0.15, -0.1) is 5.10 Å². The number of nitrogens with zero attached hydrogens (tertiary/aromatic N) is 3. The fourth-order valence-corrected chi connectivity index (χ4v) is 5.34. The molecule has 8 heteroatoms. The normalized spacial score (nSPS) is 17.4. The highest BCUT2D eigenvalue weighted by molar-refractivity contribution is 7.17. The van der Waals surface area contributed by atoms with Gasteiger partial charge in [0.15, 0.2) is 17.7 Å². The third-order valence-corrected chi connectivity index (χ3v) is 6.59. The molecule has 0 saturated carbocycles. The molecule has 0 fully saturated rings. The first-order valence-corrected chi connectivity index (χ1v) is 10.2. The van der Waals surface area contributed by atoms with Crippen molar-refractivity contribution in [3.8, 4) is 5.88 Å². The Morgan fingerprint density at radius 1 is 1.14 bits per heavy atom. The van der Waals surface area contributed by atoms with Crippen molar-refractivity contribution in [2.75, 3.05) is 6.54 Å². The lowest BCUT2D eigenvalue weighted by Crippen LogP contribution is -3.12. The van der Waals surface area contributed by atoms with Crippen LogP contribution in [0.5, 0.6) is 5.88 Å². The molecule has 0 spiro atoms. The Hall–Kier alpha value is -2.84. The Labute approximate surface area is 169 Å². The first kappa shape index (κ1) is 18.2. The van der Waals surface area contributed by atoms with E-state index in [2.05, 4.69) is 22.2 Å². The number of thiazole rings is 1. The van der Waals surface area contributed by atoms with Gasteiger partial charge in [-0.05, 0) is 30.7 Å². The lowest BCUT2D eigenvalue weighted by molar-refractivity contribution is -0.940. The van der Waals surface area contributed by atoms with E-state index in [4.69, 9.17) is 0 Å². The van der Waals surface area contributed by atoms with E-state index in [-0.39, 0.29) is 11.9 Å². The first-order chi connectivity index (χ1) is 14.0. The second-order valence-corrected chi connectivity index (χ2v) is 8.36. The molecule has 4 aromatic rings. The SMILES string of the molecule is Cc1nc2sc([C@H](c3ccc(F)c(F)c3)[NH+]3CCc4ccccc4C3)c(O)n2n1. The molecule has 5 rings (SSSR count). The maximum atomic E-state index is 14.1. The van der Waals surface area contributed by atoms with Gasteiger partial charge >= 0.3 is 0 Å². The zero-order valence-electron chi connectivity index (χ0n) is 15.7. The number of quaternary nitrogens is 1. The Bertz CT molecular complexity index is 1220. The number of aromatic nitrogens is 3. The number of aromatic hydroxyl groups is 1. The molecule has 0 saturated heterocycles. The van der Waals surface area contributed by atoms with E-state index in [1.165, 1.54) is 33.0 Å². The van der Waals surface area contributed by atoms with Gasteiger partial charge in [-0.25, -0.2) is 13.8 Å². The van der Waals surface area contributed by atoms with E-state index in [1.807, 2.05) is 12.1 Å². The number of hydrogen-bond donors (Lipinski definition) is 2. The van der Waals surface area contributed by atoms with E-state index < -0.39 is 11.6 Å². The minimum atomic E-state index is -0.890. The molecule has 29 heavy (non-hydrogen) atoms. The summed E-state index contributed by atoms with van der Waals surface area (Å²) in [6.07, 6.45) is 0.881. The number of rotatable bonds is 3. The number of aryl methyl sites for hydroxylation is 1. The van der Waals surface area contributed by atoms with Crippen LogP contribution in [0.4, 0.5) is 8.78 Å². The van der Waals surface area contributed by atoms with E-state index in [0.29, 0.717) is 21.2 Å². The summed E-state index contributed by atoms with van der Waals surface area (Å²) >= 11 is 1.33. The van der Waals surface area contributed by atoms with Gasteiger partial charge in [0.05, 0.1) is 6.54 Å². The summed E-state index contributed by atoms with van der Waals surface area (Å²) in [5.41, 5.74) is 3.16. The van der Waals surface area contributed by atoms with Gasteiger partial charge in [0.2, 0.25) is 10.8 Å². The molecule has 1 aliphatic rings. The predicted octanol–water partition coefficient (Wildman–Crippen LogP) is 2.81. The van der Waals surface area contributed by atoms with E-state index >= 15 is 0 Å². The van der Waals surface area contributed by atoms with Gasteiger partial charge in [-0.1, -0.05) is 35.6 Å². The van der Waals surface area contributed by atoms with Crippen LogP contribution < -0.4 is 4.90 Å². The number of fused-ring (bicyclic) bond motifs is 2.